The maximum Gasteiger partial charge on any atom is 0.416 e. The summed E-state index contributed by atoms with van der Waals surface area (Å²) in [6.07, 6.45) is -21.6. The first-order chi connectivity index (χ1) is 26.2. The van der Waals surface area contributed by atoms with E-state index in [0.717, 1.165) is 16.3 Å². The van der Waals surface area contributed by atoms with Gasteiger partial charge in [-0.1, -0.05) is 48.5 Å². The topological polar surface area (TPSA) is 98.8 Å². The SMILES string of the molecule is O=S1(=O)NS(=O)(=O)Oc2c(-c3cc(C(F)(F)F)cc(C(F)(F)F)c3)cc3ccccc3c2-c2c(c(-c3cc(C(F)(F)F)cc(C(F)(F)F)c3)cc3ccccc23)O1. The van der Waals surface area contributed by atoms with Gasteiger partial charge in [0.15, 0.2) is 11.5 Å². The number of fused-ring (bicyclic) bond motifs is 7. The van der Waals surface area contributed by atoms with Crippen LogP contribution in [-0.2, 0) is 45.3 Å². The Bertz CT molecular complexity index is 2610. The van der Waals surface area contributed by atoms with Gasteiger partial charge in [0.25, 0.3) is 0 Å². The lowest BCUT2D eigenvalue weighted by molar-refractivity contribution is -0.144. The van der Waals surface area contributed by atoms with Crippen molar-refractivity contribution in [3.63, 3.8) is 0 Å². The Hall–Kier alpha value is -5.54. The molecule has 0 aromatic heterocycles. The molecular formula is C36H17F12NO6S2. The molecule has 1 N–H and O–H groups in total. The lowest BCUT2D eigenvalue weighted by Gasteiger charge is -2.22. The minimum Gasteiger partial charge on any atom is -0.369 e. The third kappa shape index (κ3) is 7.65. The highest BCUT2D eigenvalue weighted by Gasteiger charge is 2.41. The van der Waals surface area contributed by atoms with Gasteiger partial charge in [0.1, 0.15) is 0 Å². The van der Waals surface area contributed by atoms with Gasteiger partial charge in [0.2, 0.25) is 0 Å². The fourth-order valence-electron chi connectivity index (χ4n) is 6.35. The maximum absolute atomic E-state index is 14.1. The van der Waals surface area contributed by atoms with Crippen LogP contribution in [0.1, 0.15) is 22.3 Å². The predicted octanol–water partition coefficient (Wildman–Crippen LogP) is 10.9. The van der Waals surface area contributed by atoms with Crippen LogP contribution < -0.4 is 12.5 Å². The van der Waals surface area contributed by atoms with Crippen molar-refractivity contribution in [2.24, 2.45) is 0 Å². The van der Waals surface area contributed by atoms with Gasteiger partial charge >= 0.3 is 45.3 Å². The number of hydrogen-bond acceptors (Lipinski definition) is 6. The van der Waals surface area contributed by atoms with E-state index in [-0.39, 0.29) is 57.9 Å². The molecule has 57 heavy (non-hydrogen) atoms. The highest BCUT2D eigenvalue weighted by molar-refractivity contribution is 8.00. The van der Waals surface area contributed by atoms with Crippen molar-refractivity contribution in [1.82, 2.24) is 4.13 Å². The summed E-state index contributed by atoms with van der Waals surface area (Å²) in [6.45, 7) is 0. The third-order valence-electron chi connectivity index (χ3n) is 8.64. The van der Waals surface area contributed by atoms with Crippen LogP contribution in [0, 0.1) is 0 Å². The second-order valence-corrected chi connectivity index (χ2v) is 15.3. The standard InChI is InChI=1S/C36H17F12NO6S2/c37-33(38,39)21-9-19(10-22(15-21)34(40,41)42)27-13-17-5-1-3-7-25(17)29-30-26-8-4-2-6-18(26)14-28(32(30)55-57(52,53)49-56(50,51)54-31(27)29)20-11-23(35(43,44)45)16-24(12-20)36(46,47)48/h1-16,49H. The normalized spacial score (nSPS) is 15.8. The molecule has 21 heteroatoms. The van der Waals surface area contributed by atoms with E-state index >= 15 is 0 Å². The number of nitrogens with one attached hydrogen (secondary N) is 1. The predicted molar refractivity (Wildman–Crippen MR) is 180 cm³/mol. The molecule has 0 amide bonds. The average molecular weight is 852 g/mol. The lowest BCUT2D eigenvalue weighted by atomic mass is 9.85. The first-order valence-corrected chi connectivity index (χ1v) is 18.4. The Balaban J connectivity index is 1.73. The largest absolute Gasteiger partial charge is 0.416 e. The summed E-state index contributed by atoms with van der Waals surface area (Å²) in [5, 5.41) is -0.374. The Kier molecular flexibility index (Phi) is 9.05. The van der Waals surface area contributed by atoms with Gasteiger partial charge in [-0.2, -0.15) is 69.5 Å². The number of halogens is 12. The Morgan fingerprint density at radius 3 is 1.02 bits per heavy atom. The number of benzene rings is 6. The summed E-state index contributed by atoms with van der Waals surface area (Å²) in [7, 11) is -11.5. The summed E-state index contributed by atoms with van der Waals surface area (Å²) in [6, 6.07) is 12.9. The summed E-state index contributed by atoms with van der Waals surface area (Å²) in [5.41, 5.74) is -12.1. The third-order valence-corrected chi connectivity index (χ3v) is 11.0. The van der Waals surface area contributed by atoms with E-state index in [4.69, 9.17) is 8.37 Å². The van der Waals surface area contributed by atoms with Gasteiger partial charge in [-0.05, 0) is 85.3 Å². The monoisotopic (exact) mass is 851 g/mol. The molecule has 7 rings (SSSR count). The molecule has 1 heterocycles. The van der Waals surface area contributed by atoms with Gasteiger partial charge in [0.05, 0.1) is 22.3 Å². The fraction of sp³-hybridized carbons (Fsp3) is 0.111. The second-order valence-electron chi connectivity index (χ2n) is 12.4. The van der Waals surface area contributed by atoms with Gasteiger partial charge in [-0.25, -0.2) is 0 Å². The van der Waals surface area contributed by atoms with Crippen LogP contribution in [0.3, 0.4) is 0 Å². The van der Waals surface area contributed by atoms with Gasteiger partial charge in [-0.3, -0.25) is 0 Å². The Morgan fingerprint density at radius 1 is 0.421 bits per heavy atom. The van der Waals surface area contributed by atoms with Crippen molar-refractivity contribution in [2.45, 2.75) is 24.7 Å². The molecule has 0 bridgehead atoms. The van der Waals surface area contributed by atoms with Crippen molar-refractivity contribution < 1.29 is 77.9 Å². The van der Waals surface area contributed by atoms with Crippen LogP contribution in [0.25, 0.3) is 54.9 Å². The zero-order valence-electron chi connectivity index (χ0n) is 27.5. The van der Waals surface area contributed by atoms with Gasteiger partial charge in [-0.15, -0.1) is 0 Å². The highest BCUT2D eigenvalue weighted by atomic mass is 32.3. The van der Waals surface area contributed by atoms with Crippen molar-refractivity contribution in [2.75, 3.05) is 0 Å². The van der Waals surface area contributed by atoms with E-state index in [1.807, 2.05) is 0 Å². The van der Waals surface area contributed by atoms with Crippen LogP contribution in [0.5, 0.6) is 11.5 Å². The average Bonchev–Trinajstić information content (AvgIpc) is 3.12. The van der Waals surface area contributed by atoms with Crippen LogP contribution in [0.2, 0.25) is 0 Å². The molecule has 0 aliphatic carbocycles. The van der Waals surface area contributed by atoms with E-state index < -0.39 is 112 Å². The summed E-state index contributed by atoms with van der Waals surface area (Å²) < 4.78 is 234. The Morgan fingerprint density at radius 2 is 0.719 bits per heavy atom. The van der Waals surface area contributed by atoms with Crippen molar-refractivity contribution in [1.29, 1.82) is 0 Å². The van der Waals surface area contributed by atoms with Crippen molar-refractivity contribution >= 4 is 42.2 Å². The van der Waals surface area contributed by atoms with E-state index in [0.29, 0.717) is 0 Å². The lowest BCUT2D eigenvalue weighted by Crippen LogP contribution is -2.36. The molecule has 0 unspecified atom stereocenters. The summed E-state index contributed by atoms with van der Waals surface area (Å²) in [4.78, 5) is 0. The molecule has 1 aliphatic heterocycles. The minimum atomic E-state index is -5.77. The van der Waals surface area contributed by atoms with Crippen LogP contribution in [0.15, 0.2) is 97.1 Å². The molecule has 0 atom stereocenters. The van der Waals surface area contributed by atoms with E-state index in [2.05, 4.69) is 0 Å². The summed E-state index contributed by atoms with van der Waals surface area (Å²) in [5.74, 6) is -2.20. The molecule has 298 valence electrons. The van der Waals surface area contributed by atoms with E-state index in [9.17, 15) is 69.5 Å². The maximum atomic E-state index is 14.1. The first-order valence-electron chi connectivity index (χ1n) is 15.6. The molecule has 0 radical (unpaired) electrons. The molecule has 0 spiro atoms. The molecule has 6 aromatic rings. The zero-order chi connectivity index (χ0) is 41.7. The Labute approximate surface area is 312 Å². The van der Waals surface area contributed by atoms with Crippen LogP contribution in [-0.4, -0.2) is 16.8 Å². The molecular weight excluding hydrogens is 835 g/mol. The zero-order valence-corrected chi connectivity index (χ0v) is 29.2. The summed E-state index contributed by atoms with van der Waals surface area (Å²) >= 11 is 0. The smallest absolute Gasteiger partial charge is 0.369 e. The van der Waals surface area contributed by atoms with E-state index in [1.54, 1.807) is 0 Å². The van der Waals surface area contributed by atoms with Crippen LogP contribution >= 0.6 is 0 Å². The van der Waals surface area contributed by atoms with Gasteiger partial charge < -0.3 is 8.37 Å². The second kappa shape index (κ2) is 13.0. The van der Waals surface area contributed by atoms with Crippen LogP contribution in [0.4, 0.5) is 52.7 Å². The molecule has 6 aromatic carbocycles. The molecule has 0 fully saturated rings. The number of alkyl halides is 12. The fourth-order valence-corrected chi connectivity index (χ4v) is 8.41. The molecule has 0 saturated carbocycles. The quantitative estimate of drug-likeness (QED) is 0.174. The first kappa shape index (κ1) is 39.7. The van der Waals surface area contributed by atoms with Crippen molar-refractivity contribution in [3.8, 4) is 44.9 Å². The van der Waals surface area contributed by atoms with Crippen molar-refractivity contribution in [3.05, 3.63) is 119 Å². The van der Waals surface area contributed by atoms with E-state index in [1.165, 1.54) is 48.5 Å². The highest BCUT2D eigenvalue weighted by Crippen LogP contribution is 2.54. The molecule has 0 saturated heterocycles. The minimum absolute atomic E-state index is 0.0489. The molecule has 1 aliphatic rings. The van der Waals surface area contributed by atoms with Gasteiger partial charge in [0, 0.05) is 22.3 Å². The number of hydrogen-bond donors (Lipinski definition) is 1. The molecule has 7 nitrogen and oxygen atoms in total. The number of rotatable bonds is 2.